The molecule has 1 unspecified atom stereocenters. The van der Waals surface area contributed by atoms with Crippen LogP contribution < -0.4 is 21.5 Å². The third-order valence-corrected chi connectivity index (χ3v) is 5.07. The highest BCUT2D eigenvalue weighted by molar-refractivity contribution is 5.87. The summed E-state index contributed by atoms with van der Waals surface area (Å²) >= 11 is 0. The first-order valence-corrected chi connectivity index (χ1v) is 9.24. The van der Waals surface area contributed by atoms with Crippen LogP contribution >= 0.6 is 0 Å². The van der Waals surface area contributed by atoms with E-state index < -0.39 is 11.9 Å². The number of para-hydroxylation sites is 1. The van der Waals surface area contributed by atoms with E-state index in [1.54, 1.807) is 18.2 Å². The Morgan fingerprint density at radius 3 is 2.83 bits per heavy atom. The number of anilines is 1. The molecule has 0 bridgehead atoms. The van der Waals surface area contributed by atoms with Gasteiger partial charge in [-0.05, 0) is 24.3 Å². The van der Waals surface area contributed by atoms with Crippen LogP contribution in [0.1, 0.15) is 11.7 Å². The van der Waals surface area contributed by atoms with Gasteiger partial charge in [0, 0.05) is 17.5 Å². The topological polar surface area (TPSA) is 98.0 Å². The first kappa shape index (κ1) is 17.4. The second-order valence-electron chi connectivity index (χ2n) is 6.82. The molecule has 8 heteroatoms. The zero-order valence-electron chi connectivity index (χ0n) is 15.4. The van der Waals surface area contributed by atoms with Crippen LogP contribution in [0.25, 0.3) is 22.2 Å². The molecule has 0 saturated carbocycles. The quantitative estimate of drug-likeness (QED) is 0.488. The van der Waals surface area contributed by atoms with Crippen LogP contribution in [0.4, 0.5) is 10.2 Å². The minimum absolute atomic E-state index is 0.164. The van der Waals surface area contributed by atoms with Gasteiger partial charge in [0.2, 0.25) is 5.88 Å². The average molecular weight is 391 g/mol. The summed E-state index contributed by atoms with van der Waals surface area (Å²) in [6, 6.07) is 16.4. The molecule has 2 aromatic carbocycles. The highest BCUT2D eigenvalue weighted by Gasteiger charge is 2.29. The largest absolute Gasteiger partial charge is 0.476 e. The lowest BCUT2D eigenvalue weighted by atomic mass is 10.1. The van der Waals surface area contributed by atoms with Crippen LogP contribution in [0.2, 0.25) is 0 Å². The van der Waals surface area contributed by atoms with E-state index in [1.165, 1.54) is 6.07 Å². The van der Waals surface area contributed by atoms with Gasteiger partial charge in [-0.2, -0.15) is 4.98 Å². The van der Waals surface area contributed by atoms with Crippen molar-refractivity contribution >= 4 is 16.7 Å². The number of nitrogens with two attached hydrogens (primary N) is 1. The number of ether oxygens (including phenoxy) is 1. The van der Waals surface area contributed by atoms with Crippen LogP contribution in [0.3, 0.4) is 0 Å². The summed E-state index contributed by atoms with van der Waals surface area (Å²) in [6.45, 7) is 0.825. The van der Waals surface area contributed by atoms with Gasteiger partial charge in [-0.25, -0.2) is 9.18 Å². The monoisotopic (exact) mass is 391 g/mol. The van der Waals surface area contributed by atoms with Crippen molar-refractivity contribution in [3.8, 4) is 17.1 Å². The molecule has 1 aliphatic rings. The van der Waals surface area contributed by atoms with Crippen molar-refractivity contribution in [1.29, 1.82) is 0 Å². The fraction of sp³-hybridized carbons (Fsp3) is 0.143. The van der Waals surface area contributed by atoms with Crippen LogP contribution in [-0.4, -0.2) is 27.7 Å². The van der Waals surface area contributed by atoms with Crippen molar-refractivity contribution in [2.75, 3.05) is 18.9 Å². The molecule has 0 aliphatic carbocycles. The van der Waals surface area contributed by atoms with Gasteiger partial charge in [-0.15, -0.1) is 0 Å². The molecule has 0 saturated heterocycles. The third-order valence-electron chi connectivity index (χ3n) is 5.07. The summed E-state index contributed by atoms with van der Waals surface area (Å²) in [5, 5.41) is 4.35. The van der Waals surface area contributed by atoms with Gasteiger partial charge in [-0.1, -0.05) is 30.3 Å². The molecule has 3 heterocycles. The number of fused-ring (bicyclic) bond motifs is 2. The lowest BCUT2D eigenvalue weighted by Gasteiger charge is -2.24. The first-order chi connectivity index (χ1) is 14.1. The van der Waals surface area contributed by atoms with Gasteiger partial charge in [0.15, 0.2) is 0 Å². The Morgan fingerprint density at radius 1 is 1.17 bits per heavy atom. The summed E-state index contributed by atoms with van der Waals surface area (Å²) in [5.41, 5.74) is 8.14. The second kappa shape index (κ2) is 6.75. The van der Waals surface area contributed by atoms with Crippen molar-refractivity contribution < 1.29 is 9.13 Å². The molecule has 29 heavy (non-hydrogen) atoms. The van der Waals surface area contributed by atoms with E-state index in [9.17, 15) is 9.18 Å². The van der Waals surface area contributed by atoms with E-state index in [0.717, 1.165) is 10.9 Å². The van der Waals surface area contributed by atoms with Crippen molar-refractivity contribution in [1.82, 2.24) is 19.9 Å². The van der Waals surface area contributed by atoms with Crippen LogP contribution in [-0.2, 0) is 0 Å². The second-order valence-corrected chi connectivity index (χ2v) is 6.82. The van der Waals surface area contributed by atoms with Gasteiger partial charge in [0.1, 0.15) is 24.4 Å². The maximum atomic E-state index is 14.7. The Balaban J connectivity index is 1.84. The molecule has 0 amide bonds. The third kappa shape index (κ3) is 2.85. The molecule has 0 spiro atoms. The molecular formula is C21H18FN5O2. The lowest BCUT2D eigenvalue weighted by molar-refractivity contribution is 0.311. The number of benzene rings is 2. The Labute approximate surface area is 165 Å². The number of halogens is 1. The summed E-state index contributed by atoms with van der Waals surface area (Å²) in [7, 11) is 0. The predicted octanol–water partition coefficient (Wildman–Crippen LogP) is 2.64. The molecule has 1 aliphatic heterocycles. The molecule has 4 N–H and O–H groups in total. The van der Waals surface area contributed by atoms with Crippen LogP contribution in [0.5, 0.6) is 5.88 Å². The number of hydrogen-bond acceptors (Lipinski definition) is 5. The SMILES string of the molecule is Nc1[nH]c(=O)nc2c1C(n1c(-c3ccccc3F)cc3ccccc31)NCCO2. The highest BCUT2D eigenvalue weighted by atomic mass is 19.1. The molecule has 7 nitrogen and oxygen atoms in total. The summed E-state index contributed by atoms with van der Waals surface area (Å²) in [5.74, 6) is 0.0180. The van der Waals surface area contributed by atoms with Crippen molar-refractivity contribution in [3.05, 3.63) is 76.5 Å². The minimum Gasteiger partial charge on any atom is -0.476 e. The van der Waals surface area contributed by atoms with E-state index >= 15 is 0 Å². The summed E-state index contributed by atoms with van der Waals surface area (Å²) in [4.78, 5) is 18.3. The first-order valence-electron chi connectivity index (χ1n) is 9.24. The van der Waals surface area contributed by atoms with Gasteiger partial charge >= 0.3 is 5.69 Å². The van der Waals surface area contributed by atoms with E-state index in [2.05, 4.69) is 15.3 Å². The standard InChI is InChI=1S/C21H18FN5O2/c22-14-7-3-2-6-13(14)16-11-12-5-1-4-8-15(12)27(16)19-17-18(23)25-21(28)26-20(17)29-10-9-24-19/h1-8,11,19,24H,9-10H2,(H3,23,25,26,28). The molecule has 146 valence electrons. The number of hydrogen-bond donors (Lipinski definition) is 3. The number of nitrogens with one attached hydrogen (secondary N) is 2. The number of nitrogens with zero attached hydrogens (tertiary/aromatic N) is 2. The van der Waals surface area contributed by atoms with Crippen LogP contribution in [0, 0.1) is 5.82 Å². The van der Waals surface area contributed by atoms with Crippen molar-refractivity contribution in [3.63, 3.8) is 0 Å². The zero-order chi connectivity index (χ0) is 20.0. The Kier molecular flexibility index (Phi) is 4.06. The van der Waals surface area contributed by atoms with E-state index in [-0.39, 0.29) is 17.5 Å². The van der Waals surface area contributed by atoms with Gasteiger partial charge < -0.3 is 15.0 Å². The van der Waals surface area contributed by atoms with E-state index in [4.69, 9.17) is 10.5 Å². The molecule has 2 aromatic heterocycles. The highest BCUT2D eigenvalue weighted by Crippen LogP contribution is 2.37. The number of aromatic amines is 1. The van der Waals surface area contributed by atoms with Gasteiger partial charge in [0.05, 0.1) is 16.8 Å². The van der Waals surface area contributed by atoms with E-state index in [1.807, 2.05) is 34.9 Å². The average Bonchev–Trinajstić information content (AvgIpc) is 2.95. The zero-order valence-corrected chi connectivity index (χ0v) is 15.4. The number of aromatic nitrogens is 3. The smallest absolute Gasteiger partial charge is 0.349 e. The van der Waals surface area contributed by atoms with Crippen LogP contribution in [0.15, 0.2) is 59.4 Å². The Hall–Kier alpha value is -3.65. The van der Waals surface area contributed by atoms with Gasteiger partial charge in [-0.3, -0.25) is 10.3 Å². The normalized spacial score (nSPS) is 16.2. The number of rotatable bonds is 2. The molecule has 1 atom stereocenters. The fourth-order valence-electron chi connectivity index (χ4n) is 3.85. The van der Waals surface area contributed by atoms with Crippen molar-refractivity contribution in [2.24, 2.45) is 0 Å². The maximum absolute atomic E-state index is 14.7. The molecule has 4 aromatic rings. The van der Waals surface area contributed by atoms with Gasteiger partial charge in [0.25, 0.3) is 0 Å². The molecule has 0 radical (unpaired) electrons. The maximum Gasteiger partial charge on any atom is 0.349 e. The molecular weight excluding hydrogens is 373 g/mol. The predicted molar refractivity (Wildman–Crippen MR) is 108 cm³/mol. The lowest BCUT2D eigenvalue weighted by Crippen LogP contribution is -2.30. The number of H-pyrrole nitrogens is 1. The van der Waals surface area contributed by atoms with E-state index in [0.29, 0.717) is 30.0 Å². The Morgan fingerprint density at radius 2 is 1.97 bits per heavy atom. The molecule has 5 rings (SSSR count). The summed E-state index contributed by atoms with van der Waals surface area (Å²) in [6.07, 6.45) is -0.508. The Bertz CT molecular complexity index is 1280. The summed E-state index contributed by atoms with van der Waals surface area (Å²) < 4.78 is 22.3. The fourth-order valence-corrected chi connectivity index (χ4v) is 3.85. The molecule has 0 fully saturated rings. The minimum atomic E-state index is -0.575. The van der Waals surface area contributed by atoms with Crippen molar-refractivity contribution in [2.45, 2.75) is 6.17 Å². The number of nitrogen functional groups attached to an aromatic ring is 1.